The van der Waals surface area contributed by atoms with E-state index >= 15 is 0 Å². The van der Waals surface area contributed by atoms with Gasteiger partial charge >= 0.3 is 0 Å². The summed E-state index contributed by atoms with van der Waals surface area (Å²) in [6.07, 6.45) is 0. The molecular weight excluding hydrogens is 232 g/mol. The highest BCUT2D eigenvalue weighted by atomic mass is 15.1. The van der Waals surface area contributed by atoms with Gasteiger partial charge < -0.3 is 5.73 Å². The van der Waals surface area contributed by atoms with Gasteiger partial charge in [-0.2, -0.15) is 0 Å². The van der Waals surface area contributed by atoms with E-state index in [1.807, 2.05) is 0 Å². The van der Waals surface area contributed by atoms with E-state index in [0.29, 0.717) is 6.04 Å². The van der Waals surface area contributed by atoms with Crippen molar-refractivity contribution in [2.45, 2.75) is 59.0 Å². The molecule has 0 aliphatic carbocycles. The maximum absolute atomic E-state index is 6.33. The Morgan fingerprint density at radius 1 is 1.11 bits per heavy atom. The molecule has 0 fully saturated rings. The van der Waals surface area contributed by atoms with E-state index in [-0.39, 0.29) is 11.5 Å². The molecule has 1 aromatic carbocycles. The maximum Gasteiger partial charge on any atom is 0.0424 e. The van der Waals surface area contributed by atoms with E-state index in [2.05, 4.69) is 70.7 Å². The first kappa shape index (κ1) is 16.2. The van der Waals surface area contributed by atoms with Gasteiger partial charge in [0.05, 0.1) is 0 Å². The monoisotopic (exact) mass is 262 g/mol. The third-order valence-corrected chi connectivity index (χ3v) is 3.77. The quantitative estimate of drug-likeness (QED) is 0.876. The van der Waals surface area contributed by atoms with Gasteiger partial charge in [-0.3, -0.25) is 4.90 Å². The van der Waals surface area contributed by atoms with Crippen molar-refractivity contribution >= 4 is 0 Å². The van der Waals surface area contributed by atoms with Gasteiger partial charge in [0.2, 0.25) is 0 Å². The molecule has 0 saturated carbocycles. The van der Waals surface area contributed by atoms with Gasteiger partial charge in [-0.05, 0) is 36.9 Å². The third-order valence-electron chi connectivity index (χ3n) is 3.77. The molecule has 2 N–H and O–H groups in total. The molecule has 0 aliphatic rings. The first-order valence-electron chi connectivity index (χ1n) is 7.35. The van der Waals surface area contributed by atoms with E-state index < -0.39 is 0 Å². The van der Waals surface area contributed by atoms with Gasteiger partial charge in [-0.1, -0.05) is 52.0 Å². The Kier molecular flexibility index (Phi) is 5.57. The van der Waals surface area contributed by atoms with Crippen molar-refractivity contribution in [1.82, 2.24) is 4.90 Å². The number of likely N-dealkylation sites (N-methyl/N-ethyl adjacent to an activating group) is 1. The van der Waals surface area contributed by atoms with Gasteiger partial charge in [0.25, 0.3) is 0 Å². The molecule has 0 spiro atoms. The topological polar surface area (TPSA) is 29.3 Å². The summed E-state index contributed by atoms with van der Waals surface area (Å²) in [5.41, 5.74) is 9.12. The minimum Gasteiger partial charge on any atom is -0.323 e. The van der Waals surface area contributed by atoms with Crippen LogP contribution in [0.2, 0.25) is 0 Å². The second kappa shape index (κ2) is 6.53. The van der Waals surface area contributed by atoms with Crippen LogP contribution >= 0.6 is 0 Å². The zero-order valence-electron chi connectivity index (χ0n) is 13.4. The lowest BCUT2D eigenvalue weighted by Gasteiger charge is -2.28. The fourth-order valence-corrected chi connectivity index (χ4v) is 2.29. The zero-order valence-corrected chi connectivity index (χ0v) is 13.4. The smallest absolute Gasteiger partial charge is 0.0424 e. The van der Waals surface area contributed by atoms with Crippen molar-refractivity contribution in [3.8, 4) is 0 Å². The minimum atomic E-state index is 0.0939. The Bertz CT molecular complexity index is 373. The van der Waals surface area contributed by atoms with Crippen molar-refractivity contribution in [3.63, 3.8) is 0 Å². The zero-order chi connectivity index (χ0) is 14.6. The van der Waals surface area contributed by atoms with E-state index in [4.69, 9.17) is 5.73 Å². The highest BCUT2D eigenvalue weighted by Gasteiger charge is 2.16. The van der Waals surface area contributed by atoms with E-state index in [0.717, 1.165) is 13.1 Å². The normalized spacial score (nSPS) is 14.2. The molecular formula is C17H30N2. The average Bonchev–Trinajstić information content (AvgIpc) is 2.34. The van der Waals surface area contributed by atoms with Gasteiger partial charge in [0.1, 0.15) is 0 Å². The minimum absolute atomic E-state index is 0.0939. The molecule has 1 aromatic rings. The van der Waals surface area contributed by atoms with Crippen LogP contribution < -0.4 is 5.73 Å². The van der Waals surface area contributed by atoms with Crippen molar-refractivity contribution in [2.24, 2.45) is 5.73 Å². The summed E-state index contributed by atoms with van der Waals surface area (Å²) in [6.45, 7) is 15.3. The molecule has 0 amide bonds. The number of hydrogen-bond acceptors (Lipinski definition) is 2. The van der Waals surface area contributed by atoms with Gasteiger partial charge in [0.15, 0.2) is 0 Å². The SMILES string of the molecule is CCN(CC(N)c1ccc(C(C)(C)C)cc1)C(C)C. The van der Waals surface area contributed by atoms with Gasteiger partial charge in [0, 0.05) is 18.6 Å². The van der Waals surface area contributed by atoms with Crippen LogP contribution in [0.4, 0.5) is 0 Å². The van der Waals surface area contributed by atoms with Crippen LogP contribution in [-0.4, -0.2) is 24.0 Å². The molecule has 0 bridgehead atoms. The summed E-state index contributed by atoms with van der Waals surface area (Å²) >= 11 is 0. The van der Waals surface area contributed by atoms with Crippen LogP contribution in [-0.2, 0) is 5.41 Å². The lowest BCUT2D eigenvalue weighted by Crippen LogP contribution is -2.37. The molecule has 0 radical (unpaired) electrons. The lowest BCUT2D eigenvalue weighted by molar-refractivity contribution is 0.220. The fourth-order valence-electron chi connectivity index (χ4n) is 2.29. The van der Waals surface area contributed by atoms with Crippen molar-refractivity contribution in [3.05, 3.63) is 35.4 Å². The molecule has 1 unspecified atom stereocenters. The summed E-state index contributed by atoms with van der Waals surface area (Å²) in [4.78, 5) is 2.41. The molecule has 0 aromatic heterocycles. The third kappa shape index (κ3) is 4.63. The Labute approximate surface area is 119 Å². The summed E-state index contributed by atoms with van der Waals surface area (Å²) in [6, 6.07) is 9.42. The number of nitrogens with two attached hydrogens (primary N) is 1. The second-order valence-corrected chi connectivity index (χ2v) is 6.66. The van der Waals surface area contributed by atoms with E-state index in [1.54, 1.807) is 0 Å². The lowest BCUT2D eigenvalue weighted by atomic mass is 9.86. The average molecular weight is 262 g/mol. The molecule has 2 nitrogen and oxygen atoms in total. The molecule has 2 heteroatoms. The summed E-state index contributed by atoms with van der Waals surface area (Å²) in [5, 5.41) is 0. The molecule has 0 heterocycles. The second-order valence-electron chi connectivity index (χ2n) is 6.66. The largest absolute Gasteiger partial charge is 0.323 e. The molecule has 108 valence electrons. The van der Waals surface area contributed by atoms with Crippen molar-refractivity contribution in [1.29, 1.82) is 0 Å². The van der Waals surface area contributed by atoms with Crippen molar-refractivity contribution < 1.29 is 0 Å². The molecule has 0 saturated heterocycles. The van der Waals surface area contributed by atoms with E-state index in [1.165, 1.54) is 11.1 Å². The van der Waals surface area contributed by atoms with Gasteiger partial charge in [-0.25, -0.2) is 0 Å². The first-order valence-corrected chi connectivity index (χ1v) is 7.35. The van der Waals surface area contributed by atoms with Crippen molar-refractivity contribution in [2.75, 3.05) is 13.1 Å². The number of hydrogen-bond donors (Lipinski definition) is 1. The molecule has 0 aliphatic heterocycles. The van der Waals surface area contributed by atoms with Gasteiger partial charge in [-0.15, -0.1) is 0 Å². The standard InChI is InChI=1S/C17H30N2/c1-7-19(13(2)3)12-16(18)14-8-10-15(11-9-14)17(4,5)6/h8-11,13,16H,7,12,18H2,1-6H3. The first-order chi connectivity index (χ1) is 8.75. The highest BCUT2D eigenvalue weighted by Crippen LogP contribution is 2.23. The van der Waals surface area contributed by atoms with E-state index in [9.17, 15) is 0 Å². The molecule has 19 heavy (non-hydrogen) atoms. The Morgan fingerprint density at radius 2 is 1.63 bits per heavy atom. The fraction of sp³-hybridized carbons (Fsp3) is 0.647. The Hall–Kier alpha value is -0.860. The van der Waals surface area contributed by atoms with Crippen LogP contribution in [0, 0.1) is 0 Å². The summed E-state index contributed by atoms with van der Waals surface area (Å²) < 4.78 is 0. The Balaban J connectivity index is 2.75. The molecule has 1 rings (SSSR count). The molecule has 1 atom stereocenters. The number of nitrogens with zero attached hydrogens (tertiary/aromatic N) is 1. The Morgan fingerprint density at radius 3 is 2.00 bits per heavy atom. The van der Waals surface area contributed by atoms with Crippen LogP contribution in [0.25, 0.3) is 0 Å². The van der Waals surface area contributed by atoms with Crippen LogP contribution in [0.15, 0.2) is 24.3 Å². The maximum atomic E-state index is 6.33. The van der Waals surface area contributed by atoms with Crippen LogP contribution in [0.1, 0.15) is 58.7 Å². The number of benzene rings is 1. The summed E-state index contributed by atoms with van der Waals surface area (Å²) in [7, 11) is 0. The predicted molar refractivity (Wildman–Crippen MR) is 84.5 cm³/mol. The predicted octanol–water partition coefficient (Wildman–Crippen LogP) is 3.71. The highest BCUT2D eigenvalue weighted by molar-refractivity contribution is 5.29. The van der Waals surface area contributed by atoms with Crippen LogP contribution in [0.5, 0.6) is 0 Å². The number of rotatable bonds is 5. The van der Waals surface area contributed by atoms with Crippen LogP contribution in [0.3, 0.4) is 0 Å². The summed E-state index contributed by atoms with van der Waals surface area (Å²) in [5.74, 6) is 0.